The van der Waals surface area contributed by atoms with Crippen LogP contribution in [-0.4, -0.2) is 22.0 Å². The molecule has 3 heterocycles. The fourth-order valence-corrected chi connectivity index (χ4v) is 3.36. The molecule has 0 fully saturated rings. The third-order valence-electron chi connectivity index (χ3n) is 3.91. The van der Waals surface area contributed by atoms with Crippen molar-refractivity contribution in [3.63, 3.8) is 0 Å². The molecule has 29 heavy (non-hydrogen) atoms. The van der Waals surface area contributed by atoms with E-state index in [1.54, 1.807) is 48.5 Å². The molecule has 1 aromatic carbocycles. The van der Waals surface area contributed by atoms with Crippen LogP contribution in [0.1, 0.15) is 20.2 Å². The van der Waals surface area contributed by atoms with E-state index in [0.29, 0.717) is 21.3 Å². The van der Waals surface area contributed by atoms with Gasteiger partial charge in [-0.3, -0.25) is 14.4 Å². The maximum Gasteiger partial charge on any atom is 0.291 e. The maximum atomic E-state index is 12.5. The molecule has 2 amide bonds. The first-order valence-corrected chi connectivity index (χ1v) is 9.32. The van der Waals surface area contributed by atoms with Gasteiger partial charge in [-0.15, -0.1) is 11.3 Å². The number of rotatable bonds is 5. The fraction of sp³-hybridized carbons (Fsp3) is 0. The molecular formula is C20H14N4O4S. The topological polar surface area (TPSA) is 117 Å². The minimum absolute atomic E-state index is 0.192. The molecule has 4 rings (SSSR count). The lowest BCUT2D eigenvalue weighted by atomic mass is 10.1. The largest absolute Gasteiger partial charge is 0.459 e. The monoisotopic (exact) mass is 406 g/mol. The number of hydrogen-bond donors (Lipinski definition) is 3. The number of furan rings is 1. The van der Waals surface area contributed by atoms with E-state index in [1.165, 1.54) is 12.3 Å². The summed E-state index contributed by atoms with van der Waals surface area (Å²) in [6.45, 7) is 0. The summed E-state index contributed by atoms with van der Waals surface area (Å²) < 4.78 is 5.04. The van der Waals surface area contributed by atoms with Crippen molar-refractivity contribution in [3.05, 3.63) is 87.9 Å². The van der Waals surface area contributed by atoms with E-state index in [4.69, 9.17) is 4.42 Å². The Labute approximate surface area is 168 Å². The lowest BCUT2D eigenvalue weighted by Crippen LogP contribution is -2.11. The van der Waals surface area contributed by atoms with Gasteiger partial charge in [-0.2, -0.15) is 5.10 Å². The molecule has 0 radical (unpaired) electrons. The molecule has 0 unspecified atom stereocenters. The van der Waals surface area contributed by atoms with E-state index in [0.717, 1.165) is 16.9 Å². The third-order valence-corrected chi connectivity index (χ3v) is 4.91. The molecule has 0 bridgehead atoms. The van der Waals surface area contributed by atoms with E-state index in [1.807, 2.05) is 6.07 Å². The van der Waals surface area contributed by atoms with Gasteiger partial charge in [0.25, 0.3) is 17.4 Å². The number of thiophene rings is 1. The smallest absolute Gasteiger partial charge is 0.291 e. The average molecular weight is 406 g/mol. The summed E-state index contributed by atoms with van der Waals surface area (Å²) in [5.41, 5.74) is 1.62. The van der Waals surface area contributed by atoms with Crippen LogP contribution < -0.4 is 16.2 Å². The molecule has 4 aromatic rings. The van der Waals surface area contributed by atoms with Gasteiger partial charge < -0.3 is 15.1 Å². The van der Waals surface area contributed by atoms with E-state index < -0.39 is 0 Å². The van der Waals surface area contributed by atoms with Gasteiger partial charge >= 0.3 is 0 Å². The van der Waals surface area contributed by atoms with Crippen LogP contribution in [0.2, 0.25) is 0 Å². The minimum atomic E-state index is -0.384. The standard InChI is InChI=1S/C20H14N4O4S/c25-17-8-6-14(23-24-17)12-3-1-4-13(11-12)21-20(27)16-7-9-18(29-16)22-19(26)15-5-2-10-28-15/h1-11H,(H,21,27)(H,22,26)(H,24,25). The van der Waals surface area contributed by atoms with Crippen LogP contribution >= 0.6 is 11.3 Å². The normalized spacial score (nSPS) is 10.5. The predicted octanol–water partition coefficient (Wildman–Crippen LogP) is 3.60. The first-order chi connectivity index (χ1) is 14.1. The number of carbonyl (C=O) groups excluding carboxylic acids is 2. The highest BCUT2D eigenvalue weighted by molar-refractivity contribution is 7.18. The Morgan fingerprint density at radius 2 is 1.86 bits per heavy atom. The number of aromatic amines is 1. The Morgan fingerprint density at radius 3 is 2.62 bits per heavy atom. The SMILES string of the molecule is O=C(Nc1ccc(C(=O)Nc2cccc(-c3ccc(=O)[nH]n3)c2)s1)c1ccco1. The first-order valence-electron chi connectivity index (χ1n) is 8.51. The Hall–Kier alpha value is -3.98. The zero-order valence-corrected chi connectivity index (χ0v) is 15.7. The highest BCUT2D eigenvalue weighted by Crippen LogP contribution is 2.25. The van der Waals surface area contributed by atoms with Gasteiger partial charge in [-0.1, -0.05) is 12.1 Å². The van der Waals surface area contributed by atoms with Crippen molar-refractivity contribution in [2.75, 3.05) is 10.6 Å². The van der Waals surface area contributed by atoms with Crippen LogP contribution in [0.5, 0.6) is 0 Å². The van der Waals surface area contributed by atoms with Gasteiger partial charge in [0, 0.05) is 17.3 Å². The molecule has 0 saturated heterocycles. The van der Waals surface area contributed by atoms with Crippen molar-refractivity contribution >= 4 is 33.8 Å². The zero-order valence-electron chi connectivity index (χ0n) is 14.8. The number of aromatic nitrogens is 2. The second kappa shape index (κ2) is 7.95. The number of nitrogens with zero attached hydrogens (tertiary/aromatic N) is 1. The van der Waals surface area contributed by atoms with E-state index in [-0.39, 0.29) is 23.1 Å². The van der Waals surface area contributed by atoms with Crippen molar-refractivity contribution in [1.82, 2.24) is 10.2 Å². The molecule has 0 aliphatic heterocycles. The van der Waals surface area contributed by atoms with Gasteiger partial charge in [-0.25, -0.2) is 5.10 Å². The van der Waals surface area contributed by atoms with Crippen LogP contribution in [0.4, 0.5) is 10.7 Å². The Morgan fingerprint density at radius 1 is 0.966 bits per heavy atom. The predicted molar refractivity (Wildman–Crippen MR) is 109 cm³/mol. The molecule has 3 N–H and O–H groups in total. The summed E-state index contributed by atoms with van der Waals surface area (Å²) in [6.07, 6.45) is 1.42. The quantitative estimate of drug-likeness (QED) is 0.468. The molecule has 0 aliphatic rings. The molecule has 8 nitrogen and oxygen atoms in total. The van der Waals surface area contributed by atoms with Crippen LogP contribution in [0, 0.1) is 0 Å². The first kappa shape index (κ1) is 18.4. The number of H-pyrrole nitrogens is 1. The fourth-order valence-electron chi connectivity index (χ4n) is 2.56. The molecular weight excluding hydrogens is 392 g/mol. The molecule has 3 aromatic heterocycles. The summed E-state index contributed by atoms with van der Waals surface area (Å²) >= 11 is 1.15. The summed E-state index contributed by atoms with van der Waals surface area (Å²) in [6, 6.07) is 16.6. The number of nitrogens with one attached hydrogen (secondary N) is 3. The summed E-state index contributed by atoms with van der Waals surface area (Å²) in [7, 11) is 0. The van der Waals surface area contributed by atoms with Crippen molar-refractivity contribution in [2.24, 2.45) is 0 Å². The maximum absolute atomic E-state index is 12.5. The van der Waals surface area contributed by atoms with Gasteiger partial charge in [0.1, 0.15) is 0 Å². The second-order valence-corrected chi connectivity index (χ2v) is 7.02. The number of carbonyl (C=O) groups is 2. The highest BCUT2D eigenvalue weighted by atomic mass is 32.1. The van der Waals surface area contributed by atoms with Crippen LogP contribution in [0.15, 0.2) is 76.1 Å². The van der Waals surface area contributed by atoms with Crippen molar-refractivity contribution in [3.8, 4) is 11.3 Å². The van der Waals surface area contributed by atoms with Crippen LogP contribution in [0.25, 0.3) is 11.3 Å². The molecule has 0 atom stereocenters. The Balaban J connectivity index is 1.45. The van der Waals surface area contributed by atoms with Crippen molar-refractivity contribution < 1.29 is 14.0 Å². The van der Waals surface area contributed by atoms with Gasteiger partial charge in [0.2, 0.25) is 0 Å². The van der Waals surface area contributed by atoms with E-state index in [2.05, 4.69) is 20.8 Å². The number of amides is 2. The zero-order chi connectivity index (χ0) is 20.2. The lowest BCUT2D eigenvalue weighted by Gasteiger charge is -2.06. The molecule has 144 valence electrons. The molecule has 0 aliphatic carbocycles. The third kappa shape index (κ3) is 4.30. The van der Waals surface area contributed by atoms with Gasteiger partial charge in [0.15, 0.2) is 5.76 Å². The number of benzene rings is 1. The van der Waals surface area contributed by atoms with E-state index >= 15 is 0 Å². The van der Waals surface area contributed by atoms with Crippen LogP contribution in [-0.2, 0) is 0 Å². The number of hydrogen-bond acceptors (Lipinski definition) is 6. The van der Waals surface area contributed by atoms with Gasteiger partial charge in [0.05, 0.1) is 21.8 Å². The highest BCUT2D eigenvalue weighted by Gasteiger charge is 2.14. The van der Waals surface area contributed by atoms with E-state index in [9.17, 15) is 14.4 Å². The molecule has 9 heteroatoms. The Bertz CT molecular complexity index is 1210. The van der Waals surface area contributed by atoms with Crippen molar-refractivity contribution in [2.45, 2.75) is 0 Å². The second-order valence-electron chi connectivity index (χ2n) is 5.94. The minimum Gasteiger partial charge on any atom is -0.459 e. The summed E-state index contributed by atoms with van der Waals surface area (Å²) in [5, 5.41) is 12.4. The number of anilines is 2. The lowest BCUT2D eigenvalue weighted by molar-refractivity contribution is 0.0995. The van der Waals surface area contributed by atoms with Crippen LogP contribution in [0.3, 0.4) is 0 Å². The molecule has 0 spiro atoms. The Kier molecular flexibility index (Phi) is 5.04. The van der Waals surface area contributed by atoms with Crippen molar-refractivity contribution in [1.29, 1.82) is 0 Å². The summed E-state index contributed by atoms with van der Waals surface area (Å²) in [4.78, 5) is 36.1. The average Bonchev–Trinajstić information content (AvgIpc) is 3.41. The van der Waals surface area contributed by atoms with Gasteiger partial charge in [-0.05, 0) is 42.5 Å². The molecule has 0 saturated carbocycles. The summed E-state index contributed by atoms with van der Waals surface area (Å²) in [5.74, 6) is -0.498.